The molecule has 50 heavy (non-hydrogen) atoms. The van der Waals surface area contributed by atoms with Crippen molar-refractivity contribution in [3.05, 3.63) is 94.5 Å². The van der Waals surface area contributed by atoms with Crippen molar-refractivity contribution in [3.63, 3.8) is 0 Å². The maximum absolute atomic E-state index is 15.0. The summed E-state index contributed by atoms with van der Waals surface area (Å²) >= 11 is 6.12. The summed E-state index contributed by atoms with van der Waals surface area (Å²) in [4.78, 5) is 20.7. The molecule has 8 nitrogen and oxygen atoms in total. The lowest BCUT2D eigenvalue weighted by Crippen LogP contribution is -2.47. The van der Waals surface area contributed by atoms with E-state index in [9.17, 15) is 17.6 Å². The number of rotatable bonds is 10. The summed E-state index contributed by atoms with van der Waals surface area (Å²) in [6, 6.07) is 22.2. The van der Waals surface area contributed by atoms with Gasteiger partial charge in [-0.05, 0) is 120 Å². The van der Waals surface area contributed by atoms with Gasteiger partial charge in [-0.25, -0.2) is 22.5 Å². The quantitative estimate of drug-likeness (QED) is 0.175. The number of fused-ring (bicyclic) bond motifs is 3. The number of halogens is 2. The molecule has 7 rings (SSSR count). The second-order valence-electron chi connectivity index (χ2n) is 14.9. The number of sulfonamides is 1. The summed E-state index contributed by atoms with van der Waals surface area (Å²) in [5.41, 5.74) is 3.30. The van der Waals surface area contributed by atoms with Gasteiger partial charge in [0.15, 0.2) is 0 Å². The molecule has 1 unspecified atom stereocenters. The van der Waals surface area contributed by atoms with E-state index in [1.807, 2.05) is 0 Å². The third-order valence-corrected chi connectivity index (χ3v) is 13.6. The van der Waals surface area contributed by atoms with E-state index in [4.69, 9.17) is 16.6 Å². The standard InChI is InChI=1S/C39H47ClFN5O3S/c1-25(2)44-50(48,49)37-23-32(34(41)24-33(37)40)38(47)43-28-15-17-39(18-16-28,27-9-5-4-6-10-27)19-20-45-29-13-14-30(45)22-31(21-29)46-26(3)42-35-11-7-8-12-36(35)46/h4-12,23-25,28-31,44H,13-22H2,1-3H3,(H,43,47)/t28?,29-,30+,31?,39?. The number of nitrogens with zero attached hydrogens (tertiary/aromatic N) is 3. The van der Waals surface area contributed by atoms with Crippen molar-refractivity contribution in [3.8, 4) is 0 Å². The number of carbonyl (C=O) groups excluding carboxylic acids is 1. The van der Waals surface area contributed by atoms with E-state index in [0.29, 0.717) is 18.1 Å². The van der Waals surface area contributed by atoms with Gasteiger partial charge in [-0.1, -0.05) is 54.1 Å². The van der Waals surface area contributed by atoms with Crippen LogP contribution in [0.2, 0.25) is 5.02 Å². The fourth-order valence-electron chi connectivity index (χ4n) is 9.13. The zero-order valence-electron chi connectivity index (χ0n) is 29.0. The molecule has 3 fully saturated rings. The van der Waals surface area contributed by atoms with E-state index in [1.165, 1.54) is 23.9 Å². The number of aryl methyl sites for hydroxylation is 1. The third kappa shape index (κ3) is 6.84. The predicted octanol–water partition coefficient (Wildman–Crippen LogP) is 7.69. The third-order valence-electron chi connectivity index (χ3n) is 11.5. The number of piperidine rings is 1. The second-order valence-corrected chi connectivity index (χ2v) is 17.0. The lowest BCUT2D eigenvalue weighted by atomic mass is 9.66. The minimum Gasteiger partial charge on any atom is -0.349 e. The zero-order valence-corrected chi connectivity index (χ0v) is 30.6. The Labute approximate surface area is 299 Å². The summed E-state index contributed by atoms with van der Waals surface area (Å²) in [6.45, 7) is 6.53. The highest BCUT2D eigenvalue weighted by molar-refractivity contribution is 7.89. The number of amides is 1. The molecule has 4 aromatic rings. The maximum atomic E-state index is 15.0. The first-order valence-corrected chi connectivity index (χ1v) is 19.9. The van der Waals surface area contributed by atoms with Crippen molar-refractivity contribution in [2.24, 2.45) is 0 Å². The van der Waals surface area contributed by atoms with Crippen LogP contribution in [0.25, 0.3) is 11.0 Å². The van der Waals surface area contributed by atoms with Crippen LogP contribution >= 0.6 is 11.6 Å². The van der Waals surface area contributed by atoms with Crippen molar-refractivity contribution in [1.82, 2.24) is 24.5 Å². The highest BCUT2D eigenvalue weighted by atomic mass is 35.5. The minimum absolute atomic E-state index is 0.0226. The molecule has 3 aromatic carbocycles. The molecule has 1 saturated carbocycles. The highest BCUT2D eigenvalue weighted by Crippen LogP contribution is 2.46. The van der Waals surface area contributed by atoms with Crippen LogP contribution in [0.1, 0.15) is 99.4 Å². The van der Waals surface area contributed by atoms with E-state index < -0.39 is 21.7 Å². The van der Waals surface area contributed by atoms with Crippen molar-refractivity contribution in [1.29, 1.82) is 0 Å². The number of para-hydroxylation sites is 2. The van der Waals surface area contributed by atoms with Gasteiger partial charge < -0.3 is 9.88 Å². The first-order valence-electron chi connectivity index (χ1n) is 18.0. The lowest BCUT2D eigenvalue weighted by molar-refractivity contribution is 0.0849. The van der Waals surface area contributed by atoms with Gasteiger partial charge in [-0.2, -0.15) is 0 Å². The van der Waals surface area contributed by atoms with E-state index in [1.54, 1.807) is 13.8 Å². The molecule has 266 valence electrons. The molecule has 3 heterocycles. The van der Waals surface area contributed by atoms with Crippen LogP contribution in [-0.4, -0.2) is 59.5 Å². The zero-order chi connectivity index (χ0) is 35.2. The Hall–Kier alpha value is -3.31. The topological polar surface area (TPSA) is 96.3 Å². The number of imidazole rings is 1. The summed E-state index contributed by atoms with van der Waals surface area (Å²) in [7, 11) is -4.02. The van der Waals surface area contributed by atoms with Crippen LogP contribution in [0.5, 0.6) is 0 Å². The fourth-order valence-corrected chi connectivity index (χ4v) is 10.9. The number of benzene rings is 3. The molecule has 2 aliphatic heterocycles. The number of hydrogen-bond acceptors (Lipinski definition) is 5. The smallest absolute Gasteiger partial charge is 0.254 e. The monoisotopic (exact) mass is 719 g/mol. The molecule has 2 N–H and O–H groups in total. The summed E-state index contributed by atoms with van der Waals surface area (Å²) in [6.07, 6.45) is 9.08. The van der Waals surface area contributed by atoms with Crippen molar-refractivity contribution >= 4 is 38.6 Å². The Morgan fingerprint density at radius 2 is 1.64 bits per heavy atom. The van der Waals surface area contributed by atoms with E-state index in [-0.39, 0.29) is 33.0 Å². The molecule has 1 aliphatic carbocycles. The molecule has 0 spiro atoms. The van der Waals surface area contributed by atoms with E-state index >= 15 is 0 Å². The normalized spacial score (nSPS) is 25.7. The fraction of sp³-hybridized carbons (Fsp3) is 0.487. The van der Waals surface area contributed by atoms with Crippen LogP contribution in [0.15, 0.2) is 71.6 Å². The highest BCUT2D eigenvalue weighted by Gasteiger charge is 2.44. The summed E-state index contributed by atoms with van der Waals surface area (Å²) in [5, 5.41) is 2.75. The first kappa shape index (κ1) is 35.1. The van der Waals surface area contributed by atoms with Gasteiger partial charge in [0.2, 0.25) is 10.0 Å². The summed E-state index contributed by atoms with van der Waals surface area (Å²) < 4.78 is 45.6. The van der Waals surface area contributed by atoms with E-state index in [2.05, 4.69) is 81.0 Å². The van der Waals surface area contributed by atoms with E-state index in [0.717, 1.165) is 75.0 Å². The van der Waals surface area contributed by atoms with Gasteiger partial charge in [0, 0.05) is 30.2 Å². The van der Waals surface area contributed by atoms with Crippen molar-refractivity contribution in [2.45, 2.75) is 119 Å². The SMILES string of the molecule is Cc1nc2ccccc2n1C1C[C@H]2CC[C@@H](C1)N2CCC1(c2ccccc2)CCC(NC(=O)c2cc(S(=O)(=O)NC(C)C)c(Cl)cc2F)CC1. The molecule has 2 saturated heterocycles. The van der Waals surface area contributed by atoms with Crippen molar-refractivity contribution in [2.75, 3.05) is 6.54 Å². The Morgan fingerprint density at radius 1 is 0.980 bits per heavy atom. The molecule has 0 radical (unpaired) electrons. The second kappa shape index (κ2) is 14.0. The Morgan fingerprint density at radius 3 is 2.32 bits per heavy atom. The molecular formula is C39H47ClFN5O3S. The van der Waals surface area contributed by atoms with Gasteiger partial charge in [-0.15, -0.1) is 0 Å². The van der Waals surface area contributed by atoms with Crippen LogP contribution < -0.4 is 10.0 Å². The summed E-state index contributed by atoms with van der Waals surface area (Å²) in [5.74, 6) is -0.374. The minimum atomic E-state index is -4.02. The van der Waals surface area contributed by atoms with Gasteiger partial charge in [0.1, 0.15) is 16.5 Å². The van der Waals surface area contributed by atoms with Crippen molar-refractivity contribution < 1.29 is 17.6 Å². The van der Waals surface area contributed by atoms with Gasteiger partial charge in [0.05, 0.1) is 21.6 Å². The average molecular weight is 720 g/mol. The maximum Gasteiger partial charge on any atom is 0.254 e. The molecule has 2 bridgehead atoms. The van der Waals surface area contributed by atoms with Gasteiger partial charge in [-0.3, -0.25) is 9.69 Å². The van der Waals surface area contributed by atoms with Gasteiger partial charge >= 0.3 is 0 Å². The van der Waals surface area contributed by atoms with Crippen LogP contribution in [0.4, 0.5) is 4.39 Å². The number of aromatic nitrogens is 2. The Kier molecular flexibility index (Phi) is 9.84. The van der Waals surface area contributed by atoms with Crippen LogP contribution in [0.3, 0.4) is 0 Å². The largest absolute Gasteiger partial charge is 0.349 e. The molecular weight excluding hydrogens is 673 g/mol. The van der Waals surface area contributed by atoms with Gasteiger partial charge in [0.25, 0.3) is 5.91 Å². The Bertz CT molecular complexity index is 1960. The molecule has 3 atom stereocenters. The molecule has 1 amide bonds. The molecule has 11 heteroatoms. The molecule has 3 aliphatic rings. The molecule has 1 aromatic heterocycles. The Balaban J connectivity index is 1.03. The van der Waals surface area contributed by atoms with Crippen LogP contribution in [0, 0.1) is 12.7 Å². The van der Waals surface area contributed by atoms with Crippen LogP contribution in [-0.2, 0) is 15.4 Å². The number of hydrogen-bond donors (Lipinski definition) is 2. The average Bonchev–Trinajstić information content (AvgIpc) is 3.54. The predicted molar refractivity (Wildman–Crippen MR) is 196 cm³/mol. The number of nitrogens with one attached hydrogen (secondary N) is 2. The first-order chi connectivity index (χ1) is 23.9. The lowest BCUT2D eigenvalue weighted by Gasteiger charge is -2.45. The number of carbonyl (C=O) groups is 1.